The highest BCUT2D eigenvalue weighted by Gasteiger charge is 2.36. The first kappa shape index (κ1) is 23.1. The number of amides is 1. The molecule has 2 aliphatic rings. The topological polar surface area (TPSA) is 81.1 Å². The van der Waals surface area contributed by atoms with E-state index in [-0.39, 0.29) is 17.2 Å². The van der Waals surface area contributed by atoms with Gasteiger partial charge in [0, 0.05) is 50.9 Å². The maximum Gasteiger partial charge on any atom is 0.328 e. The molecule has 1 amide bonds. The zero-order chi connectivity index (χ0) is 22.5. The van der Waals surface area contributed by atoms with E-state index in [9.17, 15) is 14.4 Å². The number of carbonyl (C=O) groups is 2. The SMILES string of the molecule is C/C=C(\C)CN1CCc2c(C(=O)N3CCCCC3C(=O)OC)c(OC)cc(=O)n2CC1. The molecule has 1 unspecified atom stereocenters. The van der Waals surface area contributed by atoms with E-state index in [4.69, 9.17) is 9.47 Å². The van der Waals surface area contributed by atoms with Crippen LogP contribution in [0.1, 0.15) is 49.2 Å². The lowest BCUT2D eigenvalue weighted by atomic mass is 9.99. The molecule has 1 aromatic rings. The molecule has 0 spiro atoms. The number of hydrogen-bond donors (Lipinski definition) is 0. The largest absolute Gasteiger partial charge is 0.496 e. The maximum absolute atomic E-state index is 13.7. The van der Waals surface area contributed by atoms with Crippen molar-refractivity contribution in [3.8, 4) is 5.75 Å². The van der Waals surface area contributed by atoms with E-state index in [1.54, 1.807) is 9.47 Å². The maximum atomic E-state index is 13.7. The summed E-state index contributed by atoms with van der Waals surface area (Å²) in [5.41, 5.74) is 2.17. The number of carbonyl (C=O) groups excluding carboxylic acids is 2. The zero-order valence-electron chi connectivity index (χ0n) is 19.0. The number of piperidine rings is 1. The highest BCUT2D eigenvalue weighted by molar-refractivity contribution is 6.00. The monoisotopic (exact) mass is 431 g/mol. The van der Waals surface area contributed by atoms with E-state index >= 15 is 0 Å². The van der Waals surface area contributed by atoms with E-state index in [2.05, 4.69) is 17.9 Å². The fraction of sp³-hybridized carbons (Fsp3) is 0.609. The van der Waals surface area contributed by atoms with Gasteiger partial charge in [-0.05, 0) is 33.1 Å². The van der Waals surface area contributed by atoms with Gasteiger partial charge in [-0.3, -0.25) is 14.5 Å². The van der Waals surface area contributed by atoms with Crippen LogP contribution in [0.4, 0.5) is 0 Å². The molecule has 1 atom stereocenters. The van der Waals surface area contributed by atoms with Gasteiger partial charge in [-0.2, -0.15) is 0 Å². The van der Waals surface area contributed by atoms with Gasteiger partial charge in [-0.25, -0.2) is 4.79 Å². The van der Waals surface area contributed by atoms with Crippen molar-refractivity contribution >= 4 is 11.9 Å². The fourth-order valence-electron chi connectivity index (χ4n) is 4.49. The number of ether oxygens (including phenoxy) is 2. The summed E-state index contributed by atoms with van der Waals surface area (Å²) in [6.07, 6.45) is 4.91. The van der Waals surface area contributed by atoms with Crippen LogP contribution in [0.2, 0.25) is 0 Å². The Labute approximate surface area is 183 Å². The Hall–Kier alpha value is -2.61. The highest BCUT2D eigenvalue weighted by atomic mass is 16.5. The van der Waals surface area contributed by atoms with Crippen LogP contribution >= 0.6 is 0 Å². The number of esters is 1. The van der Waals surface area contributed by atoms with Crippen LogP contribution in [0.3, 0.4) is 0 Å². The smallest absolute Gasteiger partial charge is 0.328 e. The van der Waals surface area contributed by atoms with Gasteiger partial charge in [0.25, 0.3) is 11.5 Å². The minimum Gasteiger partial charge on any atom is -0.496 e. The Morgan fingerprint density at radius 1 is 1.16 bits per heavy atom. The average Bonchev–Trinajstić information content (AvgIpc) is 3.00. The Kier molecular flexibility index (Phi) is 7.54. The fourth-order valence-corrected chi connectivity index (χ4v) is 4.49. The number of rotatable bonds is 5. The third kappa shape index (κ3) is 4.84. The Morgan fingerprint density at radius 3 is 2.61 bits per heavy atom. The lowest BCUT2D eigenvalue weighted by Gasteiger charge is -2.34. The summed E-state index contributed by atoms with van der Waals surface area (Å²) >= 11 is 0. The molecule has 170 valence electrons. The quantitative estimate of drug-likeness (QED) is 0.523. The number of likely N-dealkylation sites (tertiary alicyclic amines) is 1. The van der Waals surface area contributed by atoms with Gasteiger partial charge in [-0.15, -0.1) is 0 Å². The molecule has 31 heavy (non-hydrogen) atoms. The molecule has 0 aromatic carbocycles. The van der Waals surface area contributed by atoms with E-state index < -0.39 is 12.0 Å². The van der Waals surface area contributed by atoms with Gasteiger partial charge < -0.3 is 18.9 Å². The number of fused-ring (bicyclic) bond motifs is 1. The van der Waals surface area contributed by atoms with Crippen LogP contribution in [0, 0.1) is 0 Å². The summed E-state index contributed by atoms with van der Waals surface area (Å²) in [7, 11) is 2.81. The third-order valence-electron chi connectivity index (χ3n) is 6.32. The van der Waals surface area contributed by atoms with Crippen molar-refractivity contribution in [2.24, 2.45) is 0 Å². The van der Waals surface area contributed by atoms with Crippen molar-refractivity contribution in [1.82, 2.24) is 14.4 Å². The van der Waals surface area contributed by atoms with Crippen molar-refractivity contribution < 1.29 is 19.1 Å². The van der Waals surface area contributed by atoms with Crippen molar-refractivity contribution in [3.63, 3.8) is 0 Å². The van der Waals surface area contributed by atoms with Crippen LogP contribution in [0.25, 0.3) is 0 Å². The summed E-state index contributed by atoms with van der Waals surface area (Å²) in [5.74, 6) is -0.401. The molecule has 1 fully saturated rings. The predicted octanol–water partition coefficient (Wildman–Crippen LogP) is 1.85. The normalized spacial score (nSPS) is 20.1. The Morgan fingerprint density at radius 2 is 1.94 bits per heavy atom. The summed E-state index contributed by atoms with van der Waals surface area (Å²) in [6.45, 7) is 7.39. The van der Waals surface area contributed by atoms with Crippen LogP contribution < -0.4 is 10.3 Å². The van der Waals surface area contributed by atoms with Crippen LogP contribution in [0.15, 0.2) is 22.5 Å². The second-order valence-electron chi connectivity index (χ2n) is 8.22. The second-order valence-corrected chi connectivity index (χ2v) is 8.22. The molecule has 8 nitrogen and oxygen atoms in total. The molecule has 8 heteroatoms. The summed E-state index contributed by atoms with van der Waals surface area (Å²) in [4.78, 5) is 42.7. The molecule has 3 heterocycles. The standard InChI is InChI=1S/C23H33N3O5/c1-5-16(2)15-24-11-9-17-21(19(30-3)14-20(27)25(17)13-12-24)22(28)26-10-7-6-8-18(26)23(29)31-4/h5,14,18H,6-13,15H2,1-4H3/b16-5+. The number of hydrogen-bond acceptors (Lipinski definition) is 6. The summed E-state index contributed by atoms with van der Waals surface area (Å²) in [6, 6.07) is 0.781. The van der Waals surface area contributed by atoms with Crippen molar-refractivity contribution in [2.45, 2.75) is 52.1 Å². The lowest BCUT2D eigenvalue weighted by molar-refractivity contribution is -0.147. The van der Waals surface area contributed by atoms with E-state index in [0.29, 0.717) is 37.2 Å². The van der Waals surface area contributed by atoms with Gasteiger partial charge in [0.2, 0.25) is 0 Å². The second kappa shape index (κ2) is 10.1. The molecule has 3 rings (SSSR count). The van der Waals surface area contributed by atoms with Gasteiger partial charge in [0.05, 0.1) is 14.2 Å². The average molecular weight is 432 g/mol. The van der Waals surface area contributed by atoms with E-state index in [1.807, 2.05) is 6.92 Å². The van der Waals surface area contributed by atoms with Gasteiger partial charge in [0.1, 0.15) is 17.4 Å². The molecular weight excluding hydrogens is 398 g/mol. The Bertz CT molecular complexity index is 921. The van der Waals surface area contributed by atoms with Gasteiger partial charge in [-0.1, -0.05) is 11.6 Å². The molecule has 0 N–H and O–H groups in total. The number of allylic oxidation sites excluding steroid dienone is 1. The molecule has 2 aliphatic heterocycles. The van der Waals surface area contributed by atoms with Crippen LogP contribution in [-0.2, 0) is 22.5 Å². The molecule has 0 aliphatic carbocycles. The number of aromatic nitrogens is 1. The first-order valence-electron chi connectivity index (χ1n) is 10.9. The summed E-state index contributed by atoms with van der Waals surface area (Å²) in [5, 5.41) is 0. The molecule has 0 bridgehead atoms. The minimum absolute atomic E-state index is 0.170. The number of pyridine rings is 1. The molecule has 1 saturated heterocycles. The lowest BCUT2D eigenvalue weighted by Crippen LogP contribution is -2.49. The zero-order valence-corrected chi connectivity index (χ0v) is 19.0. The van der Waals surface area contributed by atoms with Gasteiger partial charge in [0.15, 0.2) is 0 Å². The minimum atomic E-state index is -0.608. The van der Waals surface area contributed by atoms with Crippen molar-refractivity contribution in [3.05, 3.63) is 39.3 Å². The molecule has 0 radical (unpaired) electrons. The molecule has 1 aromatic heterocycles. The first-order chi connectivity index (χ1) is 14.9. The van der Waals surface area contributed by atoms with Gasteiger partial charge >= 0.3 is 5.97 Å². The van der Waals surface area contributed by atoms with Crippen molar-refractivity contribution in [1.29, 1.82) is 0 Å². The van der Waals surface area contributed by atoms with Crippen LogP contribution in [0.5, 0.6) is 5.75 Å². The Balaban J connectivity index is 2.00. The number of methoxy groups -OCH3 is 2. The molecule has 0 saturated carbocycles. The van der Waals surface area contributed by atoms with E-state index in [0.717, 1.165) is 32.5 Å². The molecular formula is C23H33N3O5. The van der Waals surface area contributed by atoms with Crippen molar-refractivity contribution in [2.75, 3.05) is 40.4 Å². The van der Waals surface area contributed by atoms with Crippen LogP contribution in [-0.4, -0.2) is 72.7 Å². The third-order valence-corrected chi connectivity index (χ3v) is 6.32. The highest BCUT2D eigenvalue weighted by Crippen LogP contribution is 2.28. The first-order valence-corrected chi connectivity index (χ1v) is 10.9. The summed E-state index contributed by atoms with van der Waals surface area (Å²) < 4.78 is 12.1. The van der Waals surface area contributed by atoms with E-state index in [1.165, 1.54) is 25.9 Å². The predicted molar refractivity (Wildman–Crippen MR) is 118 cm³/mol. The number of nitrogens with zero attached hydrogens (tertiary/aromatic N) is 3.